The molecule has 3 aromatic rings. The van der Waals surface area contributed by atoms with Gasteiger partial charge in [0.25, 0.3) is 12.4 Å². The Morgan fingerprint density at radius 3 is 2.46 bits per heavy atom. The predicted molar refractivity (Wildman–Crippen MR) is 110 cm³/mol. The fourth-order valence-electron chi connectivity index (χ4n) is 2.80. The van der Waals surface area contributed by atoms with Gasteiger partial charge in [0.2, 0.25) is 11.5 Å². The molecule has 4 rings (SSSR count). The highest BCUT2D eigenvalue weighted by Gasteiger charge is 2.26. The molecule has 0 bridgehead atoms. The van der Waals surface area contributed by atoms with Crippen molar-refractivity contribution in [2.45, 2.75) is 0 Å². The summed E-state index contributed by atoms with van der Waals surface area (Å²) in [6.07, 6.45) is 0. The van der Waals surface area contributed by atoms with Crippen LogP contribution in [0.4, 0.5) is 17.1 Å². The third kappa shape index (κ3) is 3.81. The SMILES string of the molecule is O=[N+]([O-])c1cccc(C2=NN(c3ccccc3)C[N+](c3ccc(Br)cc3)=N2)c1. The molecule has 28 heavy (non-hydrogen) atoms. The van der Waals surface area contributed by atoms with Gasteiger partial charge in [0, 0.05) is 39.4 Å². The number of hydrazone groups is 1. The van der Waals surface area contributed by atoms with E-state index < -0.39 is 4.92 Å². The molecule has 1 aliphatic heterocycles. The third-order valence-electron chi connectivity index (χ3n) is 4.19. The Morgan fingerprint density at radius 1 is 1.00 bits per heavy atom. The monoisotopic (exact) mass is 436 g/mol. The average Bonchev–Trinajstić information content (AvgIpc) is 2.74. The van der Waals surface area contributed by atoms with Crippen molar-refractivity contribution in [1.29, 1.82) is 0 Å². The second-order valence-corrected chi connectivity index (χ2v) is 7.00. The van der Waals surface area contributed by atoms with Crippen LogP contribution in [0.1, 0.15) is 5.56 Å². The molecule has 0 aromatic heterocycles. The van der Waals surface area contributed by atoms with Gasteiger partial charge in [-0.3, -0.25) is 10.1 Å². The number of amidine groups is 1. The first kappa shape index (κ1) is 18.0. The van der Waals surface area contributed by atoms with Crippen molar-refractivity contribution < 1.29 is 9.62 Å². The minimum absolute atomic E-state index is 0.00225. The van der Waals surface area contributed by atoms with E-state index in [1.165, 1.54) is 12.1 Å². The maximum Gasteiger partial charge on any atom is 0.270 e. The number of nitro benzene ring substituents is 1. The van der Waals surface area contributed by atoms with Gasteiger partial charge in [-0.05, 0) is 24.3 Å². The second kappa shape index (κ2) is 7.69. The van der Waals surface area contributed by atoms with Crippen LogP contribution in [0.25, 0.3) is 0 Å². The lowest BCUT2D eigenvalue weighted by molar-refractivity contribution is -0.508. The van der Waals surface area contributed by atoms with Crippen LogP contribution in [-0.2, 0) is 0 Å². The Kier molecular flexibility index (Phi) is 4.94. The summed E-state index contributed by atoms with van der Waals surface area (Å²) in [4.78, 5) is 10.7. The first-order valence-corrected chi connectivity index (χ1v) is 9.30. The Labute approximate surface area is 169 Å². The van der Waals surface area contributed by atoms with E-state index in [1.54, 1.807) is 12.1 Å². The van der Waals surface area contributed by atoms with Crippen LogP contribution >= 0.6 is 15.9 Å². The maximum absolute atomic E-state index is 11.1. The third-order valence-corrected chi connectivity index (χ3v) is 4.72. The number of rotatable bonds is 4. The molecule has 0 N–H and O–H groups in total. The minimum atomic E-state index is -0.422. The van der Waals surface area contributed by atoms with Gasteiger partial charge in [-0.2, -0.15) is 0 Å². The lowest BCUT2D eigenvalue weighted by Gasteiger charge is -2.20. The summed E-state index contributed by atoms with van der Waals surface area (Å²) < 4.78 is 2.79. The molecule has 0 amide bonds. The van der Waals surface area contributed by atoms with Crippen LogP contribution in [-0.4, -0.2) is 22.1 Å². The van der Waals surface area contributed by atoms with E-state index in [9.17, 15) is 10.1 Å². The van der Waals surface area contributed by atoms with E-state index in [0.29, 0.717) is 18.1 Å². The van der Waals surface area contributed by atoms with E-state index >= 15 is 0 Å². The lowest BCUT2D eigenvalue weighted by atomic mass is 10.2. The zero-order valence-electron chi connectivity index (χ0n) is 14.6. The van der Waals surface area contributed by atoms with E-state index in [4.69, 9.17) is 0 Å². The Balaban J connectivity index is 1.80. The van der Waals surface area contributed by atoms with Crippen molar-refractivity contribution in [1.82, 2.24) is 0 Å². The van der Waals surface area contributed by atoms with Crippen molar-refractivity contribution in [3.05, 3.63) is 99.0 Å². The van der Waals surface area contributed by atoms with E-state index in [-0.39, 0.29) is 5.69 Å². The van der Waals surface area contributed by atoms with Gasteiger partial charge < -0.3 is 0 Å². The number of para-hydroxylation sites is 1. The standard InChI is InChI=1S/C20H15BrN5O2/c21-16-9-11-18(12-10-16)25-14-24(17-6-2-1-3-7-17)22-20(23-25)15-5-4-8-19(13-15)26(27)28/h1-13H,14H2/q+1. The molecule has 0 saturated heterocycles. The van der Waals surface area contributed by atoms with Crippen molar-refractivity contribution in [2.75, 3.05) is 11.7 Å². The molecule has 0 radical (unpaired) electrons. The number of hydrogen-bond donors (Lipinski definition) is 0. The van der Waals surface area contributed by atoms with E-state index in [2.05, 4.69) is 26.1 Å². The summed E-state index contributed by atoms with van der Waals surface area (Å²) >= 11 is 3.44. The summed E-state index contributed by atoms with van der Waals surface area (Å²) in [5.74, 6) is 0.404. The van der Waals surface area contributed by atoms with Crippen LogP contribution in [0.3, 0.4) is 0 Å². The molecule has 0 unspecified atom stereocenters. The number of benzene rings is 3. The number of azo groups is 2. The van der Waals surface area contributed by atoms with Gasteiger partial charge in [-0.15, -0.1) is 5.10 Å². The predicted octanol–water partition coefficient (Wildman–Crippen LogP) is 5.29. The number of anilines is 1. The quantitative estimate of drug-likeness (QED) is 0.316. The molecule has 3 aromatic carbocycles. The Morgan fingerprint density at radius 2 is 1.75 bits per heavy atom. The molecular formula is C20H15BrN5O2+. The van der Waals surface area contributed by atoms with Crippen LogP contribution in [0.2, 0.25) is 0 Å². The first-order chi connectivity index (χ1) is 13.6. The van der Waals surface area contributed by atoms with Crippen molar-refractivity contribution in [2.24, 2.45) is 10.2 Å². The number of hydrogen-bond acceptors (Lipinski definition) is 5. The Bertz CT molecular complexity index is 1080. The summed E-state index contributed by atoms with van der Waals surface area (Å²) in [6.45, 7) is 0.421. The van der Waals surface area contributed by atoms with Gasteiger partial charge in [0.05, 0.1) is 10.6 Å². The van der Waals surface area contributed by atoms with Gasteiger partial charge in [0.15, 0.2) is 0 Å². The largest absolute Gasteiger partial charge is 0.270 e. The molecule has 138 valence electrons. The van der Waals surface area contributed by atoms with Crippen molar-refractivity contribution >= 4 is 38.8 Å². The average molecular weight is 437 g/mol. The summed E-state index contributed by atoms with van der Waals surface area (Å²) in [6, 6.07) is 23.9. The molecule has 0 spiro atoms. The summed E-state index contributed by atoms with van der Waals surface area (Å²) in [5.41, 5.74) is 2.38. The van der Waals surface area contributed by atoms with Crippen molar-refractivity contribution in [3.63, 3.8) is 0 Å². The smallest absolute Gasteiger partial charge is 0.258 e. The molecule has 1 aliphatic rings. The highest BCUT2D eigenvalue weighted by Crippen LogP contribution is 2.25. The van der Waals surface area contributed by atoms with Gasteiger partial charge in [0.1, 0.15) is 0 Å². The molecule has 8 heteroatoms. The highest BCUT2D eigenvalue weighted by atomic mass is 79.9. The number of nitrogens with zero attached hydrogens (tertiary/aromatic N) is 5. The van der Waals surface area contributed by atoms with Crippen LogP contribution in [0.5, 0.6) is 0 Å². The summed E-state index contributed by atoms with van der Waals surface area (Å²) in [5, 5.41) is 22.2. The first-order valence-electron chi connectivity index (χ1n) is 8.51. The number of nitro groups is 1. The molecule has 7 nitrogen and oxygen atoms in total. The Hall–Kier alpha value is -3.39. The maximum atomic E-state index is 11.1. The van der Waals surface area contributed by atoms with E-state index in [0.717, 1.165) is 15.8 Å². The normalized spacial score (nSPS) is 13.7. The summed E-state index contributed by atoms with van der Waals surface area (Å²) in [7, 11) is 0. The lowest BCUT2D eigenvalue weighted by Crippen LogP contribution is -2.31. The number of halogens is 1. The van der Waals surface area contributed by atoms with Crippen LogP contribution in [0.15, 0.2) is 93.6 Å². The fraction of sp³-hybridized carbons (Fsp3) is 0.0500. The zero-order chi connectivity index (χ0) is 19.5. The molecular weight excluding hydrogens is 422 g/mol. The van der Waals surface area contributed by atoms with E-state index in [1.807, 2.05) is 64.3 Å². The van der Waals surface area contributed by atoms with Gasteiger partial charge in [-0.25, -0.2) is 5.01 Å². The highest BCUT2D eigenvalue weighted by molar-refractivity contribution is 9.10. The fourth-order valence-corrected chi connectivity index (χ4v) is 3.07. The van der Waals surface area contributed by atoms with Gasteiger partial charge >= 0.3 is 0 Å². The van der Waals surface area contributed by atoms with Crippen molar-refractivity contribution in [3.8, 4) is 0 Å². The topological polar surface area (TPSA) is 74.1 Å². The molecule has 0 atom stereocenters. The van der Waals surface area contributed by atoms with Gasteiger partial charge in [-0.1, -0.05) is 51.0 Å². The second-order valence-electron chi connectivity index (χ2n) is 6.08. The molecule has 0 saturated carbocycles. The molecule has 0 fully saturated rings. The molecule has 0 aliphatic carbocycles. The van der Waals surface area contributed by atoms with Crippen LogP contribution < -0.4 is 5.01 Å². The zero-order valence-corrected chi connectivity index (χ0v) is 16.2. The minimum Gasteiger partial charge on any atom is -0.258 e. The van der Waals surface area contributed by atoms with Crippen LogP contribution in [0, 0.1) is 10.1 Å². The number of non-ortho nitro benzene ring substituents is 1. The molecule has 1 heterocycles.